The van der Waals surface area contributed by atoms with Crippen LogP contribution in [0.1, 0.15) is 37.0 Å². The molecule has 16 heteroatoms. The Morgan fingerprint density at radius 2 is 1.33 bits per heavy atom. The molecule has 1 heterocycles. The van der Waals surface area contributed by atoms with Crippen LogP contribution in [0.4, 0.5) is 26.3 Å². The molecule has 52 heavy (non-hydrogen) atoms. The van der Waals surface area contributed by atoms with E-state index in [2.05, 4.69) is 53.7 Å². The lowest BCUT2D eigenvalue weighted by Crippen LogP contribution is -2.45. The van der Waals surface area contributed by atoms with Gasteiger partial charge in [-0.25, -0.2) is 0 Å². The topological polar surface area (TPSA) is 132 Å². The number of benzene rings is 3. The van der Waals surface area contributed by atoms with Crippen LogP contribution in [0.2, 0.25) is 0 Å². The summed E-state index contributed by atoms with van der Waals surface area (Å²) in [6.07, 6.45) is -9.42. The first-order valence-electron chi connectivity index (χ1n) is 16.2. The molecule has 1 amide bonds. The van der Waals surface area contributed by atoms with Crippen molar-refractivity contribution < 1.29 is 45.8 Å². The molecule has 0 fully saturated rings. The van der Waals surface area contributed by atoms with E-state index in [4.69, 9.17) is 0 Å². The largest absolute Gasteiger partial charge is 0.506 e. The second-order valence-corrected chi connectivity index (χ2v) is 13.4. The highest BCUT2D eigenvalue weighted by Crippen LogP contribution is 2.28. The third-order valence-corrected chi connectivity index (χ3v) is 8.89. The van der Waals surface area contributed by atoms with Crippen molar-refractivity contribution in [2.24, 2.45) is 0 Å². The van der Waals surface area contributed by atoms with Crippen molar-refractivity contribution in [1.29, 1.82) is 0 Å². The zero-order valence-corrected chi connectivity index (χ0v) is 29.3. The van der Waals surface area contributed by atoms with E-state index in [1.54, 1.807) is 6.07 Å². The molecule has 4 aromatic rings. The molecule has 0 aliphatic heterocycles. The van der Waals surface area contributed by atoms with Gasteiger partial charge in [-0.1, -0.05) is 91.9 Å². The Labute approximate surface area is 300 Å². The van der Waals surface area contributed by atoms with Crippen LogP contribution in [0.5, 0.6) is 5.75 Å². The summed E-state index contributed by atoms with van der Waals surface area (Å²) in [4.78, 5) is 48.9. The molecule has 0 bridgehead atoms. The lowest BCUT2D eigenvalue weighted by atomic mass is 9.84. The zero-order valence-electron chi connectivity index (χ0n) is 28.5. The number of aromatic amines is 1. The number of alkyl halides is 6. The van der Waals surface area contributed by atoms with E-state index in [9.17, 15) is 50.6 Å². The number of H-pyrrole nitrogens is 1. The maximum Gasteiger partial charge on any atom is 0.458 e. The fourth-order valence-corrected chi connectivity index (χ4v) is 6.09. The average Bonchev–Trinajstić information content (AvgIpc) is 3.50. The maximum absolute atomic E-state index is 13.4. The van der Waals surface area contributed by atoms with Gasteiger partial charge < -0.3 is 25.6 Å². The number of amides is 1. The molecule has 4 N–H and O–H groups in total. The third kappa shape index (κ3) is 12.9. The molecular weight excluding hydrogens is 714 g/mol. The third-order valence-electron chi connectivity index (χ3n) is 7.93. The maximum atomic E-state index is 13.4. The van der Waals surface area contributed by atoms with E-state index in [1.165, 1.54) is 11.1 Å². The molecule has 0 saturated carbocycles. The van der Waals surface area contributed by atoms with E-state index in [1.807, 2.05) is 47.4 Å². The van der Waals surface area contributed by atoms with Crippen molar-refractivity contribution in [3.63, 3.8) is 0 Å². The van der Waals surface area contributed by atoms with E-state index in [-0.39, 0.29) is 21.9 Å². The Bertz CT molecular complexity index is 1800. The van der Waals surface area contributed by atoms with Gasteiger partial charge in [0.1, 0.15) is 11.3 Å². The molecule has 3 aromatic carbocycles. The number of nitrogens with one attached hydrogen (secondary N) is 3. The van der Waals surface area contributed by atoms with Crippen molar-refractivity contribution >= 4 is 39.0 Å². The van der Waals surface area contributed by atoms with Gasteiger partial charge in [-0.3, -0.25) is 19.2 Å². The standard InChI is InChI=1S/C32H40N4O3S.C4F6O2/c1-32(2,26-11-7-4-8-12-26)23-36(28(38)17-20-33-18-15-24-9-5-3-6-10-24)22-21-34-19-16-25-13-14-27(37)29-30(25)40-31(39)35-29;5-3(6,7)1(11)2(12)4(8,9)10/h3-14,33-34,37H,15-23H2,1-2H3,(H,35,39);. The first-order valence-corrected chi connectivity index (χ1v) is 17.1. The number of rotatable bonds is 16. The van der Waals surface area contributed by atoms with Gasteiger partial charge in [0.05, 0.1) is 4.70 Å². The minimum absolute atomic E-state index is 0.0924. The summed E-state index contributed by atoms with van der Waals surface area (Å²) < 4.78 is 67.8. The van der Waals surface area contributed by atoms with Gasteiger partial charge in [0.15, 0.2) is 0 Å². The van der Waals surface area contributed by atoms with Crippen LogP contribution in [0.15, 0.2) is 77.6 Å². The van der Waals surface area contributed by atoms with Gasteiger partial charge in [-0.05, 0) is 48.7 Å². The van der Waals surface area contributed by atoms with Gasteiger partial charge in [0, 0.05) is 38.0 Å². The number of aromatic hydroxyl groups is 1. The molecule has 0 aliphatic carbocycles. The predicted molar refractivity (Wildman–Crippen MR) is 186 cm³/mol. The van der Waals surface area contributed by atoms with Gasteiger partial charge in [0.25, 0.3) is 0 Å². The number of thiazole rings is 1. The van der Waals surface area contributed by atoms with E-state index >= 15 is 0 Å². The van der Waals surface area contributed by atoms with Crippen LogP contribution in [-0.4, -0.2) is 84.1 Å². The SMILES string of the molecule is CC(C)(CN(CCNCCc1ccc(O)c2[nH]c(=O)sc12)C(=O)CCNCCc1ccccc1)c1ccccc1.O=C(C(=O)C(F)(F)F)C(F)(F)F. The van der Waals surface area contributed by atoms with Crippen molar-refractivity contribution in [3.05, 3.63) is 99.2 Å². The molecular formula is C36H40F6N4O5S. The number of phenols is 1. The van der Waals surface area contributed by atoms with E-state index in [0.717, 1.165) is 41.0 Å². The highest BCUT2D eigenvalue weighted by molar-refractivity contribution is 7.16. The smallest absolute Gasteiger partial charge is 0.458 e. The monoisotopic (exact) mass is 754 g/mol. The van der Waals surface area contributed by atoms with E-state index in [0.29, 0.717) is 44.7 Å². The van der Waals surface area contributed by atoms with Crippen molar-refractivity contribution in [1.82, 2.24) is 20.5 Å². The summed E-state index contributed by atoms with van der Waals surface area (Å²) >= 11 is 1.12. The summed E-state index contributed by atoms with van der Waals surface area (Å²) in [7, 11) is 0. The number of Topliss-reactive ketones (excluding diaryl/α,β-unsaturated/α-hetero) is 2. The molecule has 4 rings (SSSR count). The predicted octanol–water partition coefficient (Wildman–Crippen LogP) is 5.71. The van der Waals surface area contributed by atoms with Gasteiger partial charge in [-0.2, -0.15) is 26.3 Å². The van der Waals surface area contributed by atoms with Gasteiger partial charge >= 0.3 is 28.8 Å². The Balaban J connectivity index is 0.000000521. The molecule has 0 aliphatic rings. The second kappa shape index (κ2) is 18.8. The minimum Gasteiger partial charge on any atom is -0.506 e. The van der Waals surface area contributed by atoms with Gasteiger partial charge in [0.2, 0.25) is 5.91 Å². The number of aromatic nitrogens is 1. The summed E-state index contributed by atoms with van der Waals surface area (Å²) in [5.74, 6) is -6.57. The second-order valence-electron chi connectivity index (χ2n) is 12.4. The fraction of sp³-hybridized carbons (Fsp3) is 0.389. The lowest BCUT2D eigenvalue weighted by molar-refractivity contribution is -0.193. The quantitative estimate of drug-likeness (QED) is 0.0656. The number of ketones is 2. The molecule has 0 unspecified atom stereocenters. The van der Waals surface area contributed by atoms with Crippen LogP contribution >= 0.6 is 11.3 Å². The molecule has 0 spiro atoms. The van der Waals surface area contributed by atoms with Crippen molar-refractivity contribution in [3.8, 4) is 5.75 Å². The summed E-state index contributed by atoms with van der Waals surface area (Å²) in [6.45, 7) is 8.49. The first-order chi connectivity index (χ1) is 24.4. The van der Waals surface area contributed by atoms with Gasteiger partial charge in [-0.15, -0.1) is 0 Å². The highest BCUT2D eigenvalue weighted by Gasteiger charge is 2.54. The van der Waals surface area contributed by atoms with Crippen LogP contribution in [0, 0.1) is 0 Å². The van der Waals surface area contributed by atoms with Crippen LogP contribution < -0.4 is 15.5 Å². The molecule has 282 valence electrons. The molecule has 0 radical (unpaired) electrons. The average molecular weight is 755 g/mol. The highest BCUT2D eigenvalue weighted by atomic mass is 32.1. The Morgan fingerprint density at radius 3 is 1.92 bits per heavy atom. The van der Waals surface area contributed by atoms with Crippen LogP contribution in [0.3, 0.4) is 0 Å². The summed E-state index contributed by atoms with van der Waals surface area (Å²) in [6, 6.07) is 24.2. The Morgan fingerprint density at radius 1 is 0.769 bits per heavy atom. The number of nitrogens with zero attached hydrogens (tertiary/aromatic N) is 1. The summed E-state index contributed by atoms with van der Waals surface area (Å²) in [5, 5.41) is 16.9. The number of phenolic OH excluding ortho intramolecular Hbond substituents is 1. The number of hydrogen-bond acceptors (Lipinski definition) is 8. The van der Waals surface area contributed by atoms with Crippen LogP contribution in [0.25, 0.3) is 10.2 Å². The Hall–Kier alpha value is -4.54. The normalized spacial score (nSPS) is 11.9. The lowest BCUT2D eigenvalue weighted by Gasteiger charge is -2.33. The first kappa shape index (κ1) is 41.9. The number of carbonyl (C=O) groups is 3. The van der Waals surface area contributed by atoms with Crippen LogP contribution in [-0.2, 0) is 32.6 Å². The molecule has 1 aromatic heterocycles. The Kier molecular flexibility index (Phi) is 15.1. The number of hydrogen-bond donors (Lipinski definition) is 4. The van der Waals surface area contributed by atoms with Crippen molar-refractivity contribution in [2.45, 2.75) is 50.9 Å². The minimum atomic E-state index is -5.77. The number of halogens is 6. The number of carbonyl (C=O) groups excluding carboxylic acids is 3. The summed E-state index contributed by atoms with van der Waals surface area (Å²) in [5.41, 5.74) is 3.84. The number of fused-ring (bicyclic) bond motifs is 1. The zero-order chi connectivity index (χ0) is 38.5. The fourth-order valence-electron chi connectivity index (χ4n) is 5.20. The molecule has 0 atom stereocenters. The van der Waals surface area contributed by atoms with Crippen molar-refractivity contribution in [2.75, 3.05) is 39.3 Å². The van der Waals surface area contributed by atoms with E-state index < -0.39 is 23.9 Å². The molecule has 0 saturated heterocycles. The molecule has 9 nitrogen and oxygen atoms in total.